The molecule has 1 aliphatic rings. The Kier molecular flexibility index (Phi) is 8.24. The molecule has 180 valence electrons. The lowest BCUT2D eigenvalue weighted by molar-refractivity contribution is -0.122. The number of hydrazone groups is 1. The van der Waals surface area contributed by atoms with Gasteiger partial charge in [0.2, 0.25) is 11.5 Å². The van der Waals surface area contributed by atoms with Crippen LogP contribution in [0.5, 0.6) is 34.5 Å². The van der Waals surface area contributed by atoms with Crippen molar-refractivity contribution in [2.45, 2.75) is 0 Å². The molecule has 2 aromatic rings. The molecule has 3 rings (SSSR count). The van der Waals surface area contributed by atoms with Crippen molar-refractivity contribution >= 4 is 46.5 Å². The molecule has 1 heterocycles. The maximum atomic E-state index is 13.0. The molecule has 2 aromatic carbocycles. The van der Waals surface area contributed by atoms with Crippen molar-refractivity contribution in [3.8, 4) is 34.5 Å². The van der Waals surface area contributed by atoms with Crippen LogP contribution in [0.15, 0.2) is 34.3 Å². The summed E-state index contributed by atoms with van der Waals surface area (Å²) >= 11 is 6.52. The Morgan fingerprint density at radius 3 is 1.62 bits per heavy atom. The van der Waals surface area contributed by atoms with Gasteiger partial charge < -0.3 is 28.4 Å². The van der Waals surface area contributed by atoms with Gasteiger partial charge in [-0.25, -0.2) is 0 Å². The van der Waals surface area contributed by atoms with Gasteiger partial charge in [-0.2, -0.15) is 10.1 Å². The second kappa shape index (κ2) is 11.1. The second-order valence-electron chi connectivity index (χ2n) is 6.66. The number of carbonyl (C=O) groups excluding carboxylic acids is 1. The number of nitrogens with zero attached hydrogens (tertiary/aromatic N) is 2. The Labute approximate surface area is 207 Å². The summed E-state index contributed by atoms with van der Waals surface area (Å²) < 4.78 is 32.4. The van der Waals surface area contributed by atoms with E-state index in [4.69, 9.17) is 40.6 Å². The number of thioether (sulfide) groups is 1. The summed E-state index contributed by atoms with van der Waals surface area (Å²) in [5.41, 5.74) is 1.32. The van der Waals surface area contributed by atoms with Crippen LogP contribution in [0.1, 0.15) is 11.1 Å². The van der Waals surface area contributed by atoms with E-state index in [1.165, 1.54) is 48.9 Å². The van der Waals surface area contributed by atoms with Crippen LogP contribution < -0.4 is 28.4 Å². The molecule has 0 atom stereocenters. The first kappa shape index (κ1) is 25.2. The lowest BCUT2D eigenvalue weighted by Crippen LogP contribution is -2.22. The van der Waals surface area contributed by atoms with E-state index in [1.807, 2.05) is 0 Å². The summed E-state index contributed by atoms with van der Waals surface area (Å²) in [5, 5.41) is 5.44. The number of thiocarbonyl (C=S) groups is 1. The lowest BCUT2D eigenvalue weighted by atomic mass is 10.1. The molecule has 0 saturated carbocycles. The minimum atomic E-state index is -0.354. The molecule has 1 saturated heterocycles. The maximum Gasteiger partial charge on any atom is 0.286 e. The first-order chi connectivity index (χ1) is 16.4. The molecule has 0 N–H and O–H groups in total. The zero-order valence-electron chi connectivity index (χ0n) is 19.5. The van der Waals surface area contributed by atoms with Crippen LogP contribution >= 0.6 is 24.0 Å². The molecule has 0 aromatic heterocycles. The van der Waals surface area contributed by atoms with Crippen molar-refractivity contribution in [3.63, 3.8) is 0 Å². The number of hydrogen-bond donors (Lipinski definition) is 0. The Morgan fingerprint density at radius 1 is 0.765 bits per heavy atom. The number of rotatable bonds is 9. The average Bonchev–Trinajstić information content (AvgIpc) is 3.12. The van der Waals surface area contributed by atoms with E-state index in [2.05, 4.69) is 5.10 Å². The number of ether oxygens (including phenoxy) is 6. The van der Waals surface area contributed by atoms with Crippen LogP contribution in [-0.2, 0) is 4.79 Å². The zero-order chi connectivity index (χ0) is 24.8. The third-order valence-corrected chi connectivity index (χ3v) is 6.05. The van der Waals surface area contributed by atoms with Crippen molar-refractivity contribution in [1.82, 2.24) is 5.01 Å². The highest BCUT2D eigenvalue weighted by molar-refractivity contribution is 8.26. The van der Waals surface area contributed by atoms with Gasteiger partial charge >= 0.3 is 0 Å². The fraction of sp³-hybridized carbons (Fsp3) is 0.261. The van der Waals surface area contributed by atoms with E-state index < -0.39 is 0 Å². The van der Waals surface area contributed by atoms with Gasteiger partial charge in [-0.1, -0.05) is 11.8 Å². The summed E-state index contributed by atoms with van der Waals surface area (Å²) in [6.07, 6.45) is 3.19. The van der Waals surface area contributed by atoms with Crippen LogP contribution in [0.4, 0.5) is 0 Å². The molecular formula is C23H24N2O7S2. The van der Waals surface area contributed by atoms with Gasteiger partial charge in [0.25, 0.3) is 5.91 Å². The van der Waals surface area contributed by atoms with Crippen LogP contribution in [-0.4, -0.2) is 64.1 Å². The maximum absolute atomic E-state index is 13.0. The largest absolute Gasteiger partial charge is 0.493 e. The van der Waals surface area contributed by atoms with Gasteiger partial charge in [0, 0.05) is 5.56 Å². The third-order valence-electron chi connectivity index (χ3n) is 4.77. The Morgan fingerprint density at radius 2 is 1.21 bits per heavy atom. The Hall–Kier alpha value is -3.44. The highest BCUT2D eigenvalue weighted by Crippen LogP contribution is 2.41. The summed E-state index contributed by atoms with van der Waals surface area (Å²) in [7, 11) is 9.14. The predicted molar refractivity (Wildman–Crippen MR) is 135 cm³/mol. The van der Waals surface area contributed by atoms with Gasteiger partial charge in [-0.05, 0) is 48.1 Å². The summed E-state index contributed by atoms with van der Waals surface area (Å²) in [5.74, 6) is 2.46. The number of amides is 1. The topological polar surface area (TPSA) is 88.1 Å². The van der Waals surface area contributed by atoms with Crippen LogP contribution in [0, 0.1) is 0 Å². The molecule has 1 aliphatic heterocycles. The van der Waals surface area contributed by atoms with E-state index in [9.17, 15) is 4.79 Å². The standard InChI is InChI=1S/C23H24N2O7S2/c1-27-15-7-13(8-16(28-2)20(15)31-5)11-19-22(26)25(23(33)34-19)24-12-14-9-17(29-3)21(32-6)18(10-14)30-4/h7-12H,1-6H3. The van der Waals surface area contributed by atoms with Gasteiger partial charge in [0.05, 0.1) is 53.8 Å². The van der Waals surface area contributed by atoms with Crippen molar-refractivity contribution in [3.05, 3.63) is 40.3 Å². The van der Waals surface area contributed by atoms with Gasteiger partial charge in [0.1, 0.15) is 0 Å². The molecule has 1 amide bonds. The van der Waals surface area contributed by atoms with Crippen molar-refractivity contribution in [1.29, 1.82) is 0 Å². The van der Waals surface area contributed by atoms with E-state index in [1.54, 1.807) is 30.3 Å². The van der Waals surface area contributed by atoms with E-state index in [-0.39, 0.29) is 5.91 Å². The van der Waals surface area contributed by atoms with E-state index >= 15 is 0 Å². The summed E-state index contributed by atoms with van der Waals surface area (Å²) in [4.78, 5) is 13.4. The SMILES string of the molecule is COc1cc(C=NN2C(=O)C(=Cc3cc(OC)c(OC)c(OC)c3)SC2=S)cc(OC)c1OC. The van der Waals surface area contributed by atoms with Crippen LogP contribution in [0.25, 0.3) is 6.08 Å². The minimum absolute atomic E-state index is 0.299. The molecule has 0 radical (unpaired) electrons. The van der Waals surface area contributed by atoms with E-state index in [0.29, 0.717) is 54.8 Å². The first-order valence-electron chi connectivity index (χ1n) is 9.82. The average molecular weight is 505 g/mol. The van der Waals surface area contributed by atoms with Crippen molar-refractivity contribution < 1.29 is 33.2 Å². The number of benzene rings is 2. The number of methoxy groups -OCH3 is 6. The minimum Gasteiger partial charge on any atom is -0.493 e. The highest BCUT2D eigenvalue weighted by Gasteiger charge is 2.32. The van der Waals surface area contributed by atoms with Gasteiger partial charge in [0.15, 0.2) is 27.3 Å². The quantitative estimate of drug-likeness (QED) is 0.286. The molecule has 0 bridgehead atoms. The summed E-state index contributed by atoms with van der Waals surface area (Å²) in [6, 6.07) is 6.92. The van der Waals surface area contributed by atoms with Crippen LogP contribution in [0.3, 0.4) is 0 Å². The normalized spacial score (nSPS) is 14.6. The smallest absolute Gasteiger partial charge is 0.286 e. The zero-order valence-corrected chi connectivity index (χ0v) is 21.2. The van der Waals surface area contributed by atoms with Crippen molar-refractivity contribution in [2.24, 2.45) is 5.10 Å². The van der Waals surface area contributed by atoms with Gasteiger partial charge in [-0.3, -0.25) is 4.79 Å². The predicted octanol–water partition coefficient (Wildman–Crippen LogP) is 3.97. The molecule has 1 fully saturated rings. The van der Waals surface area contributed by atoms with E-state index in [0.717, 1.165) is 16.8 Å². The summed E-state index contributed by atoms with van der Waals surface area (Å²) in [6.45, 7) is 0. The highest BCUT2D eigenvalue weighted by atomic mass is 32.2. The van der Waals surface area contributed by atoms with Crippen molar-refractivity contribution in [2.75, 3.05) is 42.7 Å². The molecular weight excluding hydrogens is 480 g/mol. The number of hydrogen-bond acceptors (Lipinski definition) is 10. The molecule has 11 heteroatoms. The Balaban J connectivity index is 1.90. The fourth-order valence-corrected chi connectivity index (χ4v) is 4.37. The molecule has 0 spiro atoms. The molecule has 0 unspecified atom stereocenters. The molecule has 0 aliphatic carbocycles. The van der Waals surface area contributed by atoms with Gasteiger partial charge in [-0.15, -0.1) is 0 Å². The monoisotopic (exact) mass is 504 g/mol. The lowest BCUT2D eigenvalue weighted by Gasteiger charge is -2.13. The molecule has 34 heavy (non-hydrogen) atoms. The van der Waals surface area contributed by atoms with Crippen LogP contribution in [0.2, 0.25) is 0 Å². The third kappa shape index (κ3) is 5.05. The number of carbonyl (C=O) groups is 1. The molecule has 9 nitrogen and oxygen atoms in total. The Bertz CT molecular complexity index is 1110. The first-order valence-corrected chi connectivity index (χ1v) is 11.0. The second-order valence-corrected chi connectivity index (χ2v) is 8.33. The fourth-order valence-electron chi connectivity index (χ4n) is 3.20.